The SMILES string of the molecule is [2H][C@](C)(CC(=O)OC(C)(C)C)C[C@]([2H])(C)[C@H](OCOCc1ccccc1)C(C)C. The van der Waals surface area contributed by atoms with Crippen molar-refractivity contribution in [1.29, 1.82) is 0 Å². The van der Waals surface area contributed by atoms with Crippen LogP contribution in [0.25, 0.3) is 0 Å². The Balaban J connectivity index is 2.64. The van der Waals surface area contributed by atoms with Crippen LogP contribution in [0.1, 0.15) is 69.6 Å². The minimum Gasteiger partial charge on any atom is -0.460 e. The highest BCUT2D eigenvalue weighted by molar-refractivity contribution is 5.70. The van der Waals surface area contributed by atoms with Crippen LogP contribution in [-0.2, 0) is 25.6 Å². The van der Waals surface area contributed by atoms with E-state index in [-0.39, 0.29) is 25.6 Å². The molecule has 0 radical (unpaired) electrons. The monoisotopic (exact) mass is 380 g/mol. The first-order valence-corrected chi connectivity index (χ1v) is 9.67. The molecule has 0 fully saturated rings. The first-order valence-electron chi connectivity index (χ1n) is 10.7. The molecule has 27 heavy (non-hydrogen) atoms. The second kappa shape index (κ2) is 11.5. The van der Waals surface area contributed by atoms with Gasteiger partial charge in [-0.2, -0.15) is 0 Å². The molecule has 3 atom stereocenters. The molecule has 0 aromatic heterocycles. The maximum absolute atomic E-state index is 12.2. The standard InChI is InChI=1S/C23H38O4/c1-17(2)22(26-16-25-15-20-11-9-8-10-12-20)19(4)13-18(3)14-21(24)27-23(5,6)7/h8-12,17-19,22H,13-16H2,1-7H3/t18-,19+,22-/m1/s1/i18D,19D. The van der Waals surface area contributed by atoms with Crippen LogP contribution < -0.4 is 0 Å². The molecule has 0 spiro atoms. The predicted octanol–water partition coefficient (Wildman–Crippen LogP) is 5.60. The number of hydrogen-bond acceptors (Lipinski definition) is 4. The Kier molecular flexibility index (Phi) is 8.63. The van der Waals surface area contributed by atoms with Gasteiger partial charge < -0.3 is 14.2 Å². The van der Waals surface area contributed by atoms with Crippen molar-refractivity contribution < 1.29 is 21.7 Å². The third kappa shape index (κ3) is 10.5. The molecule has 0 unspecified atom stereocenters. The van der Waals surface area contributed by atoms with E-state index in [0.717, 1.165) is 5.56 Å². The summed E-state index contributed by atoms with van der Waals surface area (Å²) in [6, 6.07) is 9.83. The van der Waals surface area contributed by atoms with Crippen molar-refractivity contribution in [2.24, 2.45) is 17.7 Å². The second-order valence-electron chi connectivity index (χ2n) is 8.53. The molecule has 0 aliphatic rings. The molecule has 154 valence electrons. The van der Waals surface area contributed by atoms with E-state index < -0.39 is 29.5 Å². The van der Waals surface area contributed by atoms with E-state index >= 15 is 0 Å². The summed E-state index contributed by atoms with van der Waals surface area (Å²) in [5, 5.41) is 0. The molecular weight excluding hydrogens is 340 g/mol. The fourth-order valence-corrected chi connectivity index (χ4v) is 3.02. The number of hydrogen-bond donors (Lipinski definition) is 0. The fourth-order valence-electron chi connectivity index (χ4n) is 3.02. The Morgan fingerprint density at radius 3 is 2.30 bits per heavy atom. The lowest BCUT2D eigenvalue weighted by molar-refractivity contribution is -0.156. The highest BCUT2D eigenvalue weighted by Gasteiger charge is 2.25. The van der Waals surface area contributed by atoms with E-state index in [1.807, 2.05) is 44.2 Å². The molecule has 0 saturated carbocycles. The summed E-state index contributed by atoms with van der Waals surface area (Å²) < 4.78 is 34.3. The van der Waals surface area contributed by atoms with Gasteiger partial charge in [0.15, 0.2) is 0 Å². The number of benzene rings is 1. The van der Waals surface area contributed by atoms with Crippen LogP contribution >= 0.6 is 0 Å². The number of ether oxygens (including phenoxy) is 3. The summed E-state index contributed by atoms with van der Waals surface area (Å²) >= 11 is 0. The Morgan fingerprint density at radius 2 is 1.74 bits per heavy atom. The lowest BCUT2D eigenvalue weighted by atomic mass is 9.86. The van der Waals surface area contributed by atoms with Crippen molar-refractivity contribution in [2.75, 3.05) is 6.79 Å². The lowest BCUT2D eigenvalue weighted by Crippen LogP contribution is -2.30. The van der Waals surface area contributed by atoms with Crippen LogP contribution in [0.3, 0.4) is 0 Å². The van der Waals surface area contributed by atoms with Gasteiger partial charge in [-0.3, -0.25) is 4.79 Å². The maximum Gasteiger partial charge on any atom is 0.306 e. The molecule has 0 N–H and O–H groups in total. The zero-order chi connectivity index (χ0) is 22.3. The molecule has 4 heteroatoms. The Bertz CT molecular complexity index is 622. The second-order valence-corrected chi connectivity index (χ2v) is 8.53. The van der Waals surface area contributed by atoms with Gasteiger partial charge in [-0.15, -0.1) is 0 Å². The molecule has 0 amide bonds. The van der Waals surface area contributed by atoms with Gasteiger partial charge in [-0.1, -0.05) is 58.0 Å². The zero-order valence-electron chi connectivity index (χ0n) is 20.0. The highest BCUT2D eigenvalue weighted by atomic mass is 16.7. The summed E-state index contributed by atoms with van der Waals surface area (Å²) in [5.41, 5.74) is 0.471. The van der Waals surface area contributed by atoms with Gasteiger partial charge in [0.05, 0.1) is 12.7 Å². The highest BCUT2D eigenvalue weighted by Crippen LogP contribution is 2.25. The van der Waals surface area contributed by atoms with Crippen LogP contribution in [0.4, 0.5) is 0 Å². The average Bonchev–Trinajstić information content (AvgIpc) is 2.51. The van der Waals surface area contributed by atoms with Gasteiger partial charge in [-0.25, -0.2) is 0 Å². The molecule has 4 nitrogen and oxygen atoms in total. The van der Waals surface area contributed by atoms with E-state index in [2.05, 4.69) is 0 Å². The largest absolute Gasteiger partial charge is 0.460 e. The van der Waals surface area contributed by atoms with E-state index in [0.29, 0.717) is 6.61 Å². The van der Waals surface area contributed by atoms with E-state index in [1.165, 1.54) is 0 Å². The average molecular weight is 381 g/mol. The molecule has 1 aromatic carbocycles. The van der Waals surface area contributed by atoms with E-state index in [4.69, 9.17) is 17.0 Å². The van der Waals surface area contributed by atoms with Crippen molar-refractivity contribution in [3.05, 3.63) is 35.9 Å². The topological polar surface area (TPSA) is 44.8 Å². The number of rotatable bonds is 11. The van der Waals surface area contributed by atoms with Gasteiger partial charge in [0.25, 0.3) is 0 Å². The van der Waals surface area contributed by atoms with Crippen LogP contribution in [-0.4, -0.2) is 24.5 Å². The van der Waals surface area contributed by atoms with Crippen LogP contribution in [0, 0.1) is 17.7 Å². The van der Waals surface area contributed by atoms with Crippen molar-refractivity contribution in [1.82, 2.24) is 0 Å². The van der Waals surface area contributed by atoms with E-state index in [1.54, 1.807) is 34.6 Å². The molecule has 0 bridgehead atoms. The Labute approximate surface area is 168 Å². The van der Waals surface area contributed by atoms with Gasteiger partial charge in [0.1, 0.15) is 12.4 Å². The van der Waals surface area contributed by atoms with Crippen molar-refractivity contribution in [2.45, 2.75) is 79.6 Å². The minimum absolute atomic E-state index is 0.0614. The van der Waals surface area contributed by atoms with Crippen LogP contribution in [0.2, 0.25) is 0 Å². The summed E-state index contributed by atoms with van der Waals surface area (Å²) in [6.07, 6.45) is -0.309. The lowest BCUT2D eigenvalue weighted by Gasteiger charge is -2.29. The van der Waals surface area contributed by atoms with Gasteiger partial charge in [-0.05, 0) is 50.5 Å². The molecule has 0 saturated heterocycles. The van der Waals surface area contributed by atoms with Crippen molar-refractivity contribution >= 4 is 5.97 Å². The van der Waals surface area contributed by atoms with Crippen LogP contribution in [0.5, 0.6) is 0 Å². The van der Waals surface area contributed by atoms with Crippen LogP contribution in [0.15, 0.2) is 30.3 Å². The van der Waals surface area contributed by atoms with Gasteiger partial charge in [0, 0.05) is 9.16 Å². The molecule has 0 aliphatic carbocycles. The van der Waals surface area contributed by atoms with Crippen molar-refractivity contribution in [3.63, 3.8) is 0 Å². The summed E-state index contributed by atoms with van der Waals surface area (Å²) in [6.45, 7) is 13.3. The fraction of sp³-hybridized carbons (Fsp3) is 0.696. The van der Waals surface area contributed by atoms with E-state index in [9.17, 15) is 4.79 Å². The Hall–Kier alpha value is -1.39. The zero-order valence-corrected chi connectivity index (χ0v) is 18.0. The molecule has 1 aromatic rings. The molecule has 1 rings (SSSR count). The first-order chi connectivity index (χ1) is 13.2. The summed E-state index contributed by atoms with van der Waals surface area (Å²) in [4.78, 5) is 12.2. The molecule has 0 aliphatic heterocycles. The first kappa shape index (κ1) is 20.3. The number of carbonyl (C=O) groups excluding carboxylic acids is 1. The third-order valence-electron chi connectivity index (χ3n) is 3.98. The quantitative estimate of drug-likeness (QED) is 0.285. The Morgan fingerprint density at radius 1 is 1.11 bits per heavy atom. The number of esters is 1. The van der Waals surface area contributed by atoms with Crippen molar-refractivity contribution in [3.8, 4) is 0 Å². The van der Waals surface area contributed by atoms with Gasteiger partial charge in [0.2, 0.25) is 0 Å². The number of carbonyl (C=O) groups is 1. The maximum atomic E-state index is 12.2. The summed E-state index contributed by atoms with van der Waals surface area (Å²) in [7, 11) is 0. The summed E-state index contributed by atoms with van der Waals surface area (Å²) in [5.74, 6) is -2.53. The van der Waals surface area contributed by atoms with Gasteiger partial charge >= 0.3 is 5.97 Å². The minimum atomic E-state index is -1.12. The predicted molar refractivity (Wildman–Crippen MR) is 109 cm³/mol. The third-order valence-corrected chi connectivity index (χ3v) is 3.98. The smallest absolute Gasteiger partial charge is 0.306 e. The molecular formula is C23H38O4. The molecule has 0 heterocycles. The normalized spacial score (nSPS) is 18.8.